The van der Waals surface area contributed by atoms with Crippen molar-refractivity contribution in [1.82, 2.24) is 20.4 Å². The highest BCUT2D eigenvalue weighted by Crippen LogP contribution is 2.32. The summed E-state index contributed by atoms with van der Waals surface area (Å²) in [6, 6.07) is 9.45. The van der Waals surface area contributed by atoms with Crippen LogP contribution in [0.4, 0.5) is 4.79 Å². The van der Waals surface area contributed by atoms with Crippen LogP contribution >= 0.6 is 0 Å². The van der Waals surface area contributed by atoms with Crippen molar-refractivity contribution in [2.45, 2.75) is 45.2 Å². The summed E-state index contributed by atoms with van der Waals surface area (Å²) < 4.78 is 5.43. The van der Waals surface area contributed by atoms with E-state index in [9.17, 15) is 4.79 Å². The molecule has 2 aromatic rings. The van der Waals surface area contributed by atoms with Gasteiger partial charge in [-0.1, -0.05) is 35.5 Å². The van der Waals surface area contributed by atoms with Crippen LogP contribution in [0.25, 0.3) is 11.4 Å². The smallest absolute Gasteiger partial charge is 0.318 e. The van der Waals surface area contributed by atoms with Gasteiger partial charge in [0.25, 0.3) is 0 Å². The summed E-state index contributed by atoms with van der Waals surface area (Å²) in [5, 5.41) is 7.05. The lowest BCUT2D eigenvalue weighted by Crippen LogP contribution is -2.48. The van der Waals surface area contributed by atoms with Crippen LogP contribution in [0, 0.1) is 0 Å². The van der Waals surface area contributed by atoms with Crippen molar-refractivity contribution in [3.63, 3.8) is 0 Å². The Morgan fingerprint density at radius 1 is 1.30 bits per heavy atom. The molecule has 1 N–H and O–H groups in total. The van der Waals surface area contributed by atoms with Gasteiger partial charge in [-0.15, -0.1) is 0 Å². The van der Waals surface area contributed by atoms with Crippen LogP contribution in [0.3, 0.4) is 0 Å². The molecule has 0 spiro atoms. The van der Waals surface area contributed by atoms with Crippen molar-refractivity contribution in [3.8, 4) is 11.4 Å². The second-order valence-electron chi connectivity index (χ2n) is 6.85. The molecule has 1 fully saturated rings. The molecule has 6 heteroatoms. The second kappa shape index (κ2) is 6.02. The number of likely N-dealkylation sites (tertiary alicyclic amines) is 1. The van der Waals surface area contributed by atoms with Crippen molar-refractivity contribution >= 4 is 6.03 Å². The first kappa shape index (κ1) is 15.5. The standard InChI is InChI=1S/C17H22N4O2/c1-17(2,3)19-16(22)21-11-7-10-13(21)15-18-14(20-23-15)12-8-5-4-6-9-12/h4-6,8-9,13H,7,10-11H2,1-3H3,(H,19,22)/t13-/m0/s1. The van der Waals surface area contributed by atoms with E-state index in [1.807, 2.05) is 51.1 Å². The average molecular weight is 314 g/mol. The molecule has 2 heterocycles. The van der Waals surface area contributed by atoms with E-state index >= 15 is 0 Å². The number of carbonyl (C=O) groups is 1. The summed E-state index contributed by atoms with van der Waals surface area (Å²) in [5.74, 6) is 1.06. The van der Waals surface area contributed by atoms with E-state index in [2.05, 4.69) is 15.5 Å². The highest BCUT2D eigenvalue weighted by atomic mass is 16.5. The number of hydrogen-bond donors (Lipinski definition) is 1. The van der Waals surface area contributed by atoms with Crippen LogP contribution in [-0.4, -0.2) is 33.2 Å². The molecule has 1 saturated heterocycles. The number of urea groups is 1. The Balaban J connectivity index is 1.78. The van der Waals surface area contributed by atoms with Gasteiger partial charge in [-0.05, 0) is 33.6 Å². The molecular weight excluding hydrogens is 292 g/mol. The van der Waals surface area contributed by atoms with E-state index in [0.29, 0.717) is 18.3 Å². The maximum Gasteiger partial charge on any atom is 0.318 e. The van der Waals surface area contributed by atoms with Crippen LogP contribution in [0.1, 0.15) is 45.5 Å². The molecule has 0 saturated carbocycles. The van der Waals surface area contributed by atoms with Gasteiger partial charge in [0.15, 0.2) is 0 Å². The van der Waals surface area contributed by atoms with Gasteiger partial charge in [-0.3, -0.25) is 0 Å². The Labute approximate surface area is 135 Å². The number of aromatic nitrogens is 2. The molecule has 3 rings (SSSR count). The fourth-order valence-corrected chi connectivity index (χ4v) is 2.73. The number of carbonyl (C=O) groups excluding carboxylic acids is 1. The van der Waals surface area contributed by atoms with E-state index in [-0.39, 0.29) is 17.6 Å². The summed E-state index contributed by atoms with van der Waals surface area (Å²) in [7, 11) is 0. The number of nitrogens with one attached hydrogen (secondary N) is 1. The minimum absolute atomic E-state index is 0.0838. The molecular formula is C17H22N4O2. The number of amides is 2. The molecule has 0 unspecified atom stereocenters. The molecule has 0 radical (unpaired) electrons. The molecule has 122 valence electrons. The van der Waals surface area contributed by atoms with Crippen molar-refractivity contribution in [2.24, 2.45) is 0 Å². The Kier molecular flexibility index (Phi) is 4.07. The van der Waals surface area contributed by atoms with Crippen molar-refractivity contribution < 1.29 is 9.32 Å². The van der Waals surface area contributed by atoms with Crippen molar-refractivity contribution in [1.29, 1.82) is 0 Å². The summed E-state index contributed by atoms with van der Waals surface area (Å²) >= 11 is 0. The van der Waals surface area contributed by atoms with Gasteiger partial charge in [0, 0.05) is 17.6 Å². The topological polar surface area (TPSA) is 71.3 Å². The highest BCUT2D eigenvalue weighted by molar-refractivity contribution is 5.75. The Bertz CT molecular complexity index is 675. The zero-order valence-electron chi connectivity index (χ0n) is 13.7. The number of nitrogens with zero attached hydrogens (tertiary/aromatic N) is 3. The molecule has 6 nitrogen and oxygen atoms in total. The molecule has 0 aliphatic carbocycles. The monoisotopic (exact) mass is 314 g/mol. The number of rotatable bonds is 2. The van der Waals surface area contributed by atoms with E-state index < -0.39 is 0 Å². The second-order valence-corrected chi connectivity index (χ2v) is 6.85. The first-order valence-electron chi connectivity index (χ1n) is 7.92. The Hall–Kier alpha value is -2.37. The Morgan fingerprint density at radius 2 is 2.04 bits per heavy atom. The predicted octanol–water partition coefficient (Wildman–Crippen LogP) is 3.38. The molecule has 1 aliphatic rings. The van der Waals surface area contributed by atoms with Gasteiger partial charge in [-0.2, -0.15) is 4.98 Å². The van der Waals surface area contributed by atoms with Crippen LogP contribution in [0.5, 0.6) is 0 Å². The fourth-order valence-electron chi connectivity index (χ4n) is 2.73. The van der Waals surface area contributed by atoms with Crippen LogP contribution < -0.4 is 5.32 Å². The highest BCUT2D eigenvalue weighted by Gasteiger charge is 2.35. The molecule has 0 bridgehead atoms. The predicted molar refractivity (Wildman–Crippen MR) is 86.7 cm³/mol. The van der Waals surface area contributed by atoms with E-state index in [0.717, 1.165) is 18.4 Å². The SMILES string of the molecule is CC(C)(C)NC(=O)N1CCC[C@H]1c1nc(-c2ccccc2)no1. The fraction of sp³-hybridized carbons (Fsp3) is 0.471. The number of hydrogen-bond acceptors (Lipinski definition) is 4. The van der Waals surface area contributed by atoms with E-state index in [4.69, 9.17) is 4.52 Å². The van der Waals surface area contributed by atoms with E-state index in [1.54, 1.807) is 4.90 Å². The molecule has 23 heavy (non-hydrogen) atoms. The summed E-state index contributed by atoms with van der Waals surface area (Å²) in [6.45, 7) is 6.61. The third kappa shape index (κ3) is 3.52. The van der Waals surface area contributed by atoms with E-state index in [1.165, 1.54) is 0 Å². The van der Waals surface area contributed by atoms with Gasteiger partial charge in [0.05, 0.1) is 0 Å². The van der Waals surface area contributed by atoms with Crippen LogP contribution in [0.2, 0.25) is 0 Å². The summed E-state index contributed by atoms with van der Waals surface area (Å²) in [5.41, 5.74) is 0.639. The summed E-state index contributed by atoms with van der Waals surface area (Å²) in [6.07, 6.45) is 1.78. The molecule has 1 aromatic heterocycles. The lowest BCUT2D eigenvalue weighted by Gasteiger charge is -2.28. The first-order chi connectivity index (χ1) is 10.9. The zero-order valence-corrected chi connectivity index (χ0v) is 13.7. The van der Waals surface area contributed by atoms with Gasteiger partial charge in [-0.25, -0.2) is 4.79 Å². The number of benzene rings is 1. The minimum Gasteiger partial charge on any atom is -0.337 e. The Morgan fingerprint density at radius 3 is 2.74 bits per heavy atom. The molecule has 1 atom stereocenters. The minimum atomic E-state index is -0.270. The maximum absolute atomic E-state index is 12.4. The van der Waals surface area contributed by atoms with Gasteiger partial charge < -0.3 is 14.7 Å². The average Bonchev–Trinajstić information content (AvgIpc) is 3.15. The largest absolute Gasteiger partial charge is 0.337 e. The lowest BCUT2D eigenvalue weighted by atomic mass is 10.1. The van der Waals surface area contributed by atoms with Gasteiger partial charge in [0.1, 0.15) is 6.04 Å². The van der Waals surface area contributed by atoms with Crippen molar-refractivity contribution in [3.05, 3.63) is 36.2 Å². The van der Waals surface area contributed by atoms with Crippen LogP contribution in [0.15, 0.2) is 34.9 Å². The zero-order chi connectivity index (χ0) is 16.4. The van der Waals surface area contributed by atoms with Crippen molar-refractivity contribution in [2.75, 3.05) is 6.54 Å². The third-order valence-corrected chi connectivity index (χ3v) is 3.75. The molecule has 1 aliphatic heterocycles. The van der Waals surface area contributed by atoms with Crippen LogP contribution in [-0.2, 0) is 0 Å². The molecule has 1 aromatic carbocycles. The maximum atomic E-state index is 12.4. The lowest BCUT2D eigenvalue weighted by molar-refractivity contribution is 0.172. The quantitative estimate of drug-likeness (QED) is 0.922. The first-order valence-corrected chi connectivity index (χ1v) is 7.92. The van der Waals surface area contributed by atoms with Gasteiger partial charge in [0.2, 0.25) is 11.7 Å². The normalized spacial score (nSPS) is 18.2. The molecule has 2 amide bonds. The van der Waals surface area contributed by atoms with Gasteiger partial charge >= 0.3 is 6.03 Å². The summed E-state index contributed by atoms with van der Waals surface area (Å²) in [4.78, 5) is 18.7. The third-order valence-electron chi connectivity index (χ3n) is 3.75.